The van der Waals surface area contributed by atoms with E-state index in [1.54, 1.807) is 17.8 Å². The lowest BCUT2D eigenvalue weighted by Crippen LogP contribution is -2.29. The monoisotopic (exact) mass is 357 g/mol. The van der Waals surface area contributed by atoms with E-state index in [9.17, 15) is 9.18 Å². The Kier molecular flexibility index (Phi) is 5.71. The number of hydrogen-bond donors (Lipinski definition) is 1. The van der Waals surface area contributed by atoms with Gasteiger partial charge in [0.2, 0.25) is 5.91 Å². The van der Waals surface area contributed by atoms with Crippen molar-refractivity contribution < 1.29 is 9.18 Å². The molecule has 130 valence electrons. The number of carbonyl (C=O) groups excluding carboxylic acids is 1. The first-order valence-corrected chi connectivity index (χ1v) is 9.51. The molecule has 0 bridgehead atoms. The minimum atomic E-state index is -0.254. The highest BCUT2D eigenvalue weighted by Crippen LogP contribution is 2.18. The van der Waals surface area contributed by atoms with Gasteiger partial charge in [0.1, 0.15) is 18.2 Å². The molecule has 0 aliphatic rings. The van der Waals surface area contributed by atoms with Gasteiger partial charge in [-0.3, -0.25) is 4.79 Å². The number of fused-ring (bicyclic) bond motifs is 1. The Balaban J connectivity index is 1.64. The number of carbonyl (C=O) groups is 1. The first-order valence-electron chi connectivity index (χ1n) is 8.11. The lowest BCUT2D eigenvalue weighted by molar-refractivity contribution is -0.121. The number of halogens is 1. The van der Waals surface area contributed by atoms with E-state index in [1.165, 1.54) is 12.1 Å². The Hall–Kier alpha value is -2.34. The molecular formula is C19H20FN3OS. The molecule has 1 aromatic heterocycles. The minimum absolute atomic E-state index is 0.0677. The lowest BCUT2D eigenvalue weighted by Gasteiger charge is -2.10. The summed E-state index contributed by atoms with van der Waals surface area (Å²) in [4.78, 5) is 16.9. The summed E-state index contributed by atoms with van der Waals surface area (Å²) in [6.45, 7) is 0.715. The van der Waals surface area contributed by atoms with Crippen molar-refractivity contribution >= 4 is 28.7 Å². The molecule has 2 aromatic carbocycles. The lowest BCUT2D eigenvalue weighted by atomic mass is 10.1. The van der Waals surface area contributed by atoms with Crippen LogP contribution < -0.4 is 5.32 Å². The van der Waals surface area contributed by atoms with E-state index in [1.807, 2.05) is 41.2 Å². The maximum Gasteiger partial charge on any atom is 0.240 e. The third kappa shape index (κ3) is 4.39. The highest BCUT2D eigenvalue weighted by Gasteiger charge is 2.13. The molecule has 0 unspecified atom stereocenters. The van der Waals surface area contributed by atoms with E-state index in [-0.39, 0.29) is 18.3 Å². The maximum absolute atomic E-state index is 13.2. The number of nitrogens with zero attached hydrogens (tertiary/aromatic N) is 2. The largest absolute Gasteiger partial charge is 0.354 e. The SMILES string of the molecule is CSCc1nc2ccccc2n1CC(=O)NCCc1cccc(F)c1. The Morgan fingerprint density at radius 2 is 2.08 bits per heavy atom. The van der Waals surface area contributed by atoms with Crippen LogP contribution in [0.4, 0.5) is 4.39 Å². The van der Waals surface area contributed by atoms with Gasteiger partial charge in [-0.1, -0.05) is 24.3 Å². The first kappa shape index (κ1) is 17.5. The van der Waals surface area contributed by atoms with Crippen LogP contribution in [0.25, 0.3) is 11.0 Å². The molecule has 0 fully saturated rings. The molecule has 0 spiro atoms. The average molecular weight is 357 g/mol. The fourth-order valence-corrected chi connectivity index (χ4v) is 3.26. The third-order valence-corrected chi connectivity index (χ3v) is 4.48. The van der Waals surface area contributed by atoms with Gasteiger partial charge in [-0.2, -0.15) is 11.8 Å². The van der Waals surface area contributed by atoms with Crippen LogP contribution in [0.3, 0.4) is 0 Å². The quantitative estimate of drug-likeness (QED) is 0.705. The highest BCUT2D eigenvalue weighted by molar-refractivity contribution is 7.97. The number of hydrogen-bond acceptors (Lipinski definition) is 3. The van der Waals surface area contributed by atoms with Crippen LogP contribution in [0.2, 0.25) is 0 Å². The van der Waals surface area contributed by atoms with E-state index in [0.717, 1.165) is 28.2 Å². The number of nitrogens with one attached hydrogen (secondary N) is 1. The van der Waals surface area contributed by atoms with Gasteiger partial charge in [0.15, 0.2) is 0 Å². The normalized spacial score (nSPS) is 11.0. The molecule has 0 saturated heterocycles. The summed E-state index contributed by atoms with van der Waals surface area (Å²) in [5.41, 5.74) is 2.74. The van der Waals surface area contributed by atoms with E-state index in [4.69, 9.17) is 0 Å². The van der Waals surface area contributed by atoms with Crippen molar-refractivity contribution in [3.8, 4) is 0 Å². The Morgan fingerprint density at radius 1 is 1.24 bits per heavy atom. The van der Waals surface area contributed by atoms with Crippen LogP contribution >= 0.6 is 11.8 Å². The third-order valence-electron chi connectivity index (χ3n) is 3.93. The van der Waals surface area contributed by atoms with E-state index in [0.29, 0.717) is 13.0 Å². The number of thioether (sulfide) groups is 1. The van der Waals surface area contributed by atoms with Crippen LogP contribution in [0.5, 0.6) is 0 Å². The number of para-hydroxylation sites is 2. The average Bonchev–Trinajstić information content (AvgIpc) is 2.93. The zero-order valence-corrected chi connectivity index (χ0v) is 14.9. The zero-order chi connectivity index (χ0) is 17.6. The molecule has 0 aliphatic carbocycles. The van der Waals surface area contributed by atoms with Crippen LogP contribution in [0.15, 0.2) is 48.5 Å². The van der Waals surface area contributed by atoms with Gasteiger partial charge in [-0.25, -0.2) is 9.37 Å². The van der Waals surface area contributed by atoms with Crippen LogP contribution in [0.1, 0.15) is 11.4 Å². The van der Waals surface area contributed by atoms with Crippen molar-refractivity contribution in [3.05, 3.63) is 65.7 Å². The molecule has 1 amide bonds. The fourth-order valence-electron chi connectivity index (χ4n) is 2.78. The molecule has 25 heavy (non-hydrogen) atoms. The van der Waals surface area contributed by atoms with Crippen molar-refractivity contribution in [2.75, 3.05) is 12.8 Å². The molecule has 0 aliphatic heterocycles. The molecule has 1 heterocycles. The first-order chi connectivity index (χ1) is 12.2. The van der Waals surface area contributed by atoms with Gasteiger partial charge in [-0.05, 0) is 42.5 Å². The van der Waals surface area contributed by atoms with Crippen molar-refractivity contribution in [2.24, 2.45) is 0 Å². The second kappa shape index (κ2) is 8.16. The summed E-state index contributed by atoms with van der Waals surface area (Å²) in [7, 11) is 0. The summed E-state index contributed by atoms with van der Waals surface area (Å²) in [6.07, 6.45) is 2.62. The summed E-state index contributed by atoms with van der Waals surface area (Å²) in [5.74, 6) is 1.33. The predicted molar refractivity (Wildman–Crippen MR) is 100 cm³/mol. The molecule has 6 heteroatoms. The molecule has 3 rings (SSSR count). The van der Waals surface area contributed by atoms with Gasteiger partial charge in [0.25, 0.3) is 0 Å². The van der Waals surface area contributed by atoms with Gasteiger partial charge in [0.05, 0.1) is 16.8 Å². The summed E-state index contributed by atoms with van der Waals surface area (Å²) >= 11 is 1.68. The van der Waals surface area contributed by atoms with Crippen LogP contribution in [-0.4, -0.2) is 28.3 Å². The van der Waals surface area contributed by atoms with E-state index < -0.39 is 0 Å². The van der Waals surface area contributed by atoms with Gasteiger partial charge in [-0.15, -0.1) is 0 Å². The van der Waals surface area contributed by atoms with E-state index in [2.05, 4.69) is 10.3 Å². The molecule has 3 aromatic rings. The molecular weight excluding hydrogens is 337 g/mol. The maximum atomic E-state index is 13.2. The number of rotatable bonds is 7. The summed E-state index contributed by atoms with van der Waals surface area (Å²) in [5, 5.41) is 2.91. The fraction of sp³-hybridized carbons (Fsp3) is 0.263. The Morgan fingerprint density at radius 3 is 2.88 bits per heavy atom. The molecule has 0 radical (unpaired) electrons. The second-order valence-corrected chi connectivity index (χ2v) is 6.63. The number of benzene rings is 2. The molecule has 0 atom stereocenters. The Labute approximate surface area is 150 Å². The van der Waals surface area contributed by atoms with Crippen LogP contribution in [0, 0.1) is 5.82 Å². The standard InChI is InChI=1S/C19H20FN3OS/c1-25-13-18-22-16-7-2-3-8-17(16)23(18)12-19(24)21-10-9-14-5-4-6-15(20)11-14/h2-8,11H,9-10,12-13H2,1H3,(H,21,24). The minimum Gasteiger partial charge on any atom is -0.354 e. The number of imidazole rings is 1. The van der Waals surface area contributed by atoms with Gasteiger partial charge >= 0.3 is 0 Å². The number of amides is 1. The summed E-state index contributed by atoms with van der Waals surface area (Å²) in [6, 6.07) is 14.3. The number of aromatic nitrogens is 2. The second-order valence-electron chi connectivity index (χ2n) is 5.77. The smallest absolute Gasteiger partial charge is 0.240 e. The topological polar surface area (TPSA) is 46.9 Å². The molecule has 4 nitrogen and oxygen atoms in total. The highest BCUT2D eigenvalue weighted by atomic mass is 32.2. The zero-order valence-electron chi connectivity index (χ0n) is 14.0. The Bertz CT molecular complexity index is 878. The molecule has 0 saturated carbocycles. The van der Waals surface area contributed by atoms with Gasteiger partial charge in [0, 0.05) is 6.54 Å². The molecule has 1 N–H and O–H groups in total. The van der Waals surface area contributed by atoms with Crippen molar-refractivity contribution in [1.29, 1.82) is 0 Å². The van der Waals surface area contributed by atoms with Gasteiger partial charge < -0.3 is 9.88 Å². The van der Waals surface area contributed by atoms with Crippen molar-refractivity contribution in [2.45, 2.75) is 18.7 Å². The van der Waals surface area contributed by atoms with Crippen LogP contribution in [-0.2, 0) is 23.5 Å². The van der Waals surface area contributed by atoms with Crippen molar-refractivity contribution in [1.82, 2.24) is 14.9 Å². The van der Waals surface area contributed by atoms with E-state index >= 15 is 0 Å². The predicted octanol–water partition coefficient (Wildman–Crippen LogP) is 3.40. The van der Waals surface area contributed by atoms with Crippen molar-refractivity contribution in [3.63, 3.8) is 0 Å². The summed E-state index contributed by atoms with van der Waals surface area (Å²) < 4.78 is 15.1.